The lowest BCUT2D eigenvalue weighted by molar-refractivity contribution is -0.143. The number of aliphatic hydroxyl groups excluding tert-OH is 1. The van der Waals surface area contributed by atoms with Crippen molar-refractivity contribution >= 4 is 59.2 Å². The summed E-state index contributed by atoms with van der Waals surface area (Å²) in [5.74, 6) is -9.30. The summed E-state index contributed by atoms with van der Waals surface area (Å²) in [5.41, 5.74) is 21.8. The number of carboxylic acid groups (broad SMARTS) is 2. The summed E-state index contributed by atoms with van der Waals surface area (Å²) in [6.45, 7) is 7.35. The number of aliphatic imine (C=N–C) groups is 1. The number of rotatable bonds is 31. The molecule has 7 amide bonds. The van der Waals surface area contributed by atoms with Crippen LogP contribution in [0.4, 0.5) is 0 Å². The Balaban J connectivity index is 6.25. The van der Waals surface area contributed by atoms with Crippen LogP contribution < -0.4 is 60.2 Å². The van der Waals surface area contributed by atoms with Crippen LogP contribution in [-0.2, 0) is 43.2 Å². The summed E-state index contributed by atoms with van der Waals surface area (Å²) in [6, 6.07) is -9.44. The van der Waals surface area contributed by atoms with E-state index >= 15 is 0 Å². The molecular weight excluding hydrogens is 804 g/mol. The fraction of sp³-hybridized carbons (Fsp3) is 0.730. The van der Waals surface area contributed by atoms with Crippen LogP contribution in [0.3, 0.4) is 0 Å². The predicted octanol–water partition coefficient (Wildman–Crippen LogP) is -4.42. The molecule has 0 fully saturated rings. The first-order valence-electron chi connectivity index (χ1n) is 20.2. The summed E-state index contributed by atoms with van der Waals surface area (Å²) in [4.78, 5) is 119. The fourth-order valence-electron chi connectivity index (χ4n) is 5.65. The average Bonchev–Trinajstić information content (AvgIpc) is 3.19. The van der Waals surface area contributed by atoms with E-state index in [-0.39, 0.29) is 63.1 Å². The number of carboxylic acids is 2. The topological polar surface area (TPSA) is 415 Å². The van der Waals surface area contributed by atoms with E-state index < -0.39 is 115 Å². The van der Waals surface area contributed by atoms with Crippen LogP contribution in [0.5, 0.6) is 0 Å². The van der Waals surface area contributed by atoms with Crippen molar-refractivity contribution in [1.82, 2.24) is 37.2 Å². The molecule has 0 aliphatic carbocycles. The van der Waals surface area contributed by atoms with Crippen molar-refractivity contribution in [3.63, 3.8) is 0 Å². The highest BCUT2D eigenvalue weighted by atomic mass is 16.4. The summed E-state index contributed by atoms with van der Waals surface area (Å²) < 4.78 is 0. The van der Waals surface area contributed by atoms with Gasteiger partial charge in [0.05, 0.1) is 13.2 Å². The van der Waals surface area contributed by atoms with Gasteiger partial charge in [0, 0.05) is 13.0 Å². The maximum absolute atomic E-state index is 13.8. The van der Waals surface area contributed by atoms with Crippen LogP contribution in [-0.4, -0.2) is 143 Å². The molecule has 0 saturated heterocycles. The van der Waals surface area contributed by atoms with E-state index in [1.54, 1.807) is 27.7 Å². The zero-order valence-electron chi connectivity index (χ0n) is 35.7. The van der Waals surface area contributed by atoms with Crippen LogP contribution in [0.15, 0.2) is 4.99 Å². The second kappa shape index (κ2) is 29.6. The van der Waals surface area contributed by atoms with Crippen molar-refractivity contribution in [2.24, 2.45) is 39.8 Å². The van der Waals surface area contributed by atoms with E-state index in [0.29, 0.717) is 19.3 Å². The number of guanidine groups is 1. The molecule has 18 N–H and O–H groups in total. The smallest absolute Gasteiger partial charge is 0.326 e. The molecule has 8 atom stereocenters. The van der Waals surface area contributed by atoms with E-state index in [0.717, 1.165) is 0 Å². The first-order valence-corrected chi connectivity index (χ1v) is 20.2. The Kier molecular flexibility index (Phi) is 26.9. The van der Waals surface area contributed by atoms with Gasteiger partial charge in [0.1, 0.15) is 42.3 Å². The molecule has 61 heavy (non-hydrogen) atoms. The second-order valence-electron chi connectivity index (χ2n) is 15.0. The number of carbonyl (C=O) groups excluding carboxylic acids is 7. The quantitative estimate of drug-likeness (QED) is 0.0178. The van der Waals surface area contributed by atoms with Gasteiger partial charge in [-0.1, -0.05) is 34.1 Å². The van der Waals surface area contributed by atoms with Gasteiger partial charge in [-0.2, -0.15) is 0 Å². The molecule has 348 valence electrons. The lowest BCUT2D eigenvalue weighted by atomic mass is 9.98. The Bertz CT molecular complexity index is 1510. The Morgan fingerprint density at radius 3 is 1.59 bits per heavy atom. The van der Waals surface area contributed by atoms with Crippen molar-refractivity contribution in [1.29, 1.82) is 0 Å². The monoisotopic (exact) mass is 873 g/mol. The van der Waals surface area contributed by atoms with Crippen molar-refractivity contribution in [3.8, 4) is 0 Å². The Morgan fingerprint density at radius 1 is 0.607 bits per heavy atom. The highest BCUT2D eigenvalue weighted by molar-refractivity contribution is 5.97. The molecule has 0 heterocycles. The number of aliphatic carboxylic acids is 2. The summed E-state index contributed by atoms with van der Waals surface area (Å²) in [5, 5.41) is 45.7. The van der Waals surface area contributed by atoms with E-state index in [1.165, 1.54) is 6.92 Å². The first kappa shape index (κ1) is 55.4. The highest BCUT2D eigenvalue weighted by Gasteiger charge is 2.34. The molecule has 0 unspecified atom stereocenters. The van der Waals surface area contributed by atoms with Crippen molar-refractivity contribution in [2.45, 2.75) is 135 Å². The van der Waals surface area contributed by atoms with E-state index in [2.05, 4.69) is 42.2 Å². The molecule has 24 nitrogen and oxygen atoms in total. The van der Waals surface area contributed by atoms with Crippen LogP contribution in [0.2, 0.25) is 0 Å². The van der Waals surface area contributed by atoms with Gasteiger partial charge >= 0.3 is 11.9 Å². The molecule has 0 aromatic heterocycles. The molecule has 0 bridgehead atoms. The van der Waals surface area contributed by atoms with Crippen LogP contribution in [0.1, 0.15) is 92.4 Å². The van der Waals surface area contributed by atoms with Crippen molar-refractivity contribution < 1.29 is 58.5 Å². The van der Waals surface area contributed by atoms with E-state index in [4.69, 9.17) is 28.0 Å². The average molecular weight is 873 g/mol. The zero-order valence-corrected chi connectivity index (χ0v) is 35.7. The zero-order chi connectivity index (χ0) is 46.8. The van der Waals surface area contributed by atoms with Gasteiger partial charge < -0.3 is 75.5 Å². The van der Waals surface area contributed by atoms with Gasteiger partial charge in [0.25, 0.3) is 0 Å². The molecule has 0 saturated carbocycles. The number of hydrogen-bond donors (Lipinski definition) is 14. The van der Waals surface area contributed by atoms with Crippen molar-refractivity contribution in [2.75, 3.05) is 26.2 Å². The predicted molar refractivity (Wildman–Crippen MR) is 222 cm³/mol. The summed E-state index contributed by atoms with van der Waals surface area (Å²) in [7, 11) is 0. The van der Waals surface area contributed by atoms with Crippen LogP contribution >= 0.6 is 0 Å². The first-order chi connectivity index (χ1) is 28.6. The number of amides is 7. The molecule has 0 aliphatic heterocycles. The van der Waals surface area contributed by atoms with Gasteiger partial charge in [-0.25, -0.2) is 4.79 Å². The Labute approximate surface area is 355 Å². The number of unbranched alkanes of at least 4 members (excludes halogenated alkanes) is 1. The number of nitrogens with two attached hydrogens (primary N) is 4. The SMILES string of the molecule is CC[C@H](C)[C@H](NC(=O)CN)C(=O)N[C@@H](CO)C(=O)N[C@@H](C)C(=O)N[C@@H](CC(C)C)C(=O)N[C@@H](CCCN=C(N)N)C(=O)N[C@@H](CCCCN)C(=O)N[C@@H](CCC(=O)O)C(=O)O. The Hall–Kier alpha value is -5.62. The number of aliphatic hydroxyl groups is 1. The Morgan fingerprint density at radius 2 is 1.11 bits per heavy atom. The molecule has 24 heteroatoms. The largest absolute Gasteiger partial charge is 0.481 e. The minimum Gasteiger partial charge on any atom is -0.481 e. The normalized spacial score (nSPS) is 14.9. The third-order valence-electron chi connectivity index (χ3n) is 9.32. The summed E-state index contributed by atoms with van der Waals surface area (Å²) in [6.07, 6.45) is 0.414. The number of carbonyl (C=O) groups is 9. The molecule has 0 aliphatic rings. The third-order valence-corrected chi connectivity index (χ3v) is 9.32. The van der Waals surface area contributed by atoms with Gasteiger partial charge in [-0.15, -0.1) is 0 Å². The highest BCUT2D eigenvalue weighted by Crippen LogP contribution is 2.11. The molecule has 0 rings (SSSR count). The second-order valence-corrected chi connectivity index (χ2v) is 15.0. The summed E-state index contributed by atoms with van der Waals surface area (Å²) >= 11 is 0. The number of hydrogen-bond acceptors (Lipinski definition) is 13. The van der Waals surface area contributed by atoms with Crippen molar-refractivity contribution in [3.05, 3.63) is 0 Å². The minimum atomic E-state index is -1.58. The van der Waals surface area contributed by atoms with E-state index in [9.17, 15) is 53.4 Å². The third kappa shape index (κ3) is 22.5. The number of nitrogens with zero attached hydrogens (tertiary/aromatic N) is 1. The van der Waals surface area contributed by atoms with Gasteiger partial charge in [-0.3, -0.25) is 43.3 Å². The van der Waals surface area contributed by atoms with Crippen LogP contribution in [0, 0.1) is 11.8 Å². The van der Waals surface area contributed by atoms with E-state index in [1.807, 2.05) is 0 Å². The van der Waals surface area contributed by atoms with Gasteiger partial charge in [0.2, 0.25) is 41.4 Å². The van der Waals surface area contributed by atoms with Gasteiger partial charge in [0.15, 0.2) is 5.96 Å². The fourth-order valence-corrected chi connectivity index (χ4v) is 5.65. The standard InChI is InChI=1S/C37H68N12O12/c1-6-20(4)29(49-27(51)17-39)35(59)48-26(18-50)34(58)43-21(5)30(54)47-25(16-19(2)3)33(57)45-23(11-9-15-42-37(40)41)31(55)44-22(10-7-8-14-38)32(56)46-24(36(60)61)12-13-28(52)53/h19-26,29,50H,6-18,38-39H2,1-5H3,(H,43,58)(H,44,55)(H,45,57)(H,46,56)(H,47,54)(H,48,59)(H,49,51)(H,52,53)(H,60,61)(H4,40,41,42)/t20-,21-,22-,23-,24-,25-,26-,29-/m0/s1. The molecule has 0 aromatic carbocycles. The number of nitrogens with one attached hydrogen (secondary N) is 7. The molecule has 0 radical (unpaired) electrons. The molecule has 0 spiro atoms. The minimum absolute atomic E-state index is 0.00839. The van der Waals surface area contributed by atoms with Gasteiger partial charge in [-0.05, 0) is 70.3 Å². The molecular formula is C37H68N12O12. The maximum Gasteiger partial charge on any atom is 0.326 e. The van der Waals surface area contributed by atoms with Crippen LogP contribution in [0.25, 0.3) is 0 Å². The molecule has 0 aromatic rings. The lowest BCUT2D eigenvalue weighted by Gasteiger charge is -2.28. The lowest BCUT2D eigenvalue weighted by Crippen LogP contribution is -2.60. The maximum atomic E-state index is 13.8.